The fourth-order valence-corrected chi connectivity index (χ4v) is 6.47. The summed E-state index contributed by atoms with van der Waals surface area (Å²) in [7, 11) is -8.45. The minimum Gasteiger partial charge on any atom is -0.509 e. The number of rotatable bonds is 7. The normalized spacial score (nSPS) is 20.0. The average molecular weight is 542 g/mol. The van der Waals surface area contributed by atoms with Crippen LogP contribution in [-0.4, -0.2) is 62.7 Å². The number of aliphatic hydroxyl groups is 1. The number of nitrogens with one attached hydrogen (secondary N) is 2. The molecule has 36 heavy (non-hydrogen) atoms. The van der Waals surface area contributed by atoms with Crippen LogP contribution >= 0.6 is 0 Å². The van der Waals surface area contributed by atoms with Gasteiger partial charge >= 0.3 is 5.97 Å². The summed E-state index contributed by atoms with van der Waals surface area (Å²) in [5, 5.41) is 23.8. The van der Waals surface area contributed by atoms with Crippen LogP contribution in [0, 0.1) is 11.3 Å². The highest BCUT2D eigenvalue weighted by atomic mass is 32.2. The van der Waals surface area contributed by atoms with Gasteiger partial charge in [0.05, 0.1) is 28.6 Å². The first kappa shape index (κ1) is 27.5. The van der Waals surface area contributed by atoms with Gasteiger partial charge in [0.25, 0.3) is 5.91 Å². The Morgan fingerprint density at radius 2 is 1.86 bits per heavy atom. The Morgan fingerprint density at radius 1 is 1.25 bits per heavy atom. The minimum atomic E-state index is -4.72. The van der Waals surface area contributed by atoms with Gasteiger partial charge in [-0.2, -0.15) is 0 Å². The highest BCUT2D eigenvalue weighted by Gasteiger charge is 2.49. The summed E-state index contributed by atoms with van der Waals surface area (Å²) >= 11 is 0. The lowest BCUT2D eigenvalue weighted by molar-refractivity contribution is -0.131. The SMILES string of the molecule is CC(C)CCN1C(=O)C(C2=C(C(=O)O)S(=O)(=O)c3cc(NS(C)(=O)=O)ccc3N2)=C(O)[C@@H]1C(C)(C)C. The van der Waals surface area contributed by atoms with Gasteiger partial charge in [-0.25, -0.2) is 21.6 Å². The summed E-state index contributed by atoms with van der Waals surface area (Å²) in [4.78, 5) is 25.6. The summed E-state index contributed by atoms with van der Waals surface area (Å²) in [5.74, 6) is -2.67. The number of fused-ring (bicyclic) bond motifs is 1. The molecule has 2 heterocycles. The van der Waals surface area contributed by atoms with Crippen molar-refractivity contribution in [2.75, 3.05) is 22.8 Å². The van der Waals surface area contributed by atoms with E-state index >= 15 is 0 Å². The molecular formula is C23H31N3O8S2. The van der Waals surface area contributed by atoms with Crippen LogP contribution in [0.3, 0.4) is 0 Å². The molecule has 0 saturated heterocycles. The lowest BCUT2D eigenvalue weighted by Gasteiger charge is -2.35. The number of sulfone groups is 1. The lowest BCUT2D eigenvalue weighted by Crippen LogP contribution is -2.44. The van der Waals surface area contributed by atoms with Gasteiger partial charge in [0.1, 0.15) is 11.3 Å². The third-order valence-electron chi connectivity index (χ3n) is 5.84. The van der Waals surface area contributed by atoms with Gasteiger partial charge in [-0.1, -0.05) is 34.6 Å². The number of carboxylic acids is 1. The van der Waals surface area contributed by atoms with Crippen molar-refractivity contribution in [3.05, 3.63) is 40.1 Å². The molecule has 4 N–H and O–H groups in total. The Balaban J connectivity index is 2.23. The maximum Gasteiger partial charge on any atom is 0.349 e. The fraction of sp³-hybridized carbons (Fsp3) is 0.478. The van der Waals surface area contributed by atoms with E-state index in [1.165, 1.54) is 17.0 Å². The van der Waals surface area contributed by atoms with Crippen molar-refractivity contribution < 1.29 is 36.6 Å². The molecule has 0 aromatic heterocycles. The van der Waals surface area contributed by atoms with Crippen molar-refractivity contribution in [2.45, 2.75) is 52.0 Å². The van der Waals surface area contributed by atoms with E-state index in [4.69, 9.17) is 0 Å². The van der Waals surface area contributed by atoms with E-state index in [-0.39, 0.29) is 23.8 Å². The molecule has 0 aliphatic carbocycles. The van der Waals surface area contributed by atoms with Crippen LogP contribution in [0.1, 0.15) is 41.0 Å². The number of benzene rings is 1. The van der Waals surface area contributed by atoms with Crippen LogP contribution in [0.15, 0.2) is 45.0 Å². The highest BCUT2D eigenvalue weighted by molar-refractivity contribution is 7.96. The molecule has 0 radical (unpaired) electrons. The van der Waals surface area contributed by atoms with Crippen LogP contribution in [0.4, 0.5) is 11.4 Å². The van der Waals surface area contributed by atoms with Gasteiger partial charge in [0.15, 0.2) is 4.91 Å². The smallest absolute Gasteiger partial charge is 0.349 e. The molecule has 1 amide bonds. The first-order valence-corrected chi connectivity index (χ1v) is 14.6. The molecule has 1 aromatic carbocycles. The van der Waals surface area contributed by atoms with E-state index in [0.29, 0.717) is 6.42 Å². The van der Waals surface area contributed by atoms with Crippen LogP contribution in [0.25, 0.3) is 0 Å². The quantitative estimate of drug-likeness (QED) is 0.405. The Kier molecular flexibility index (Phi) is 6.96. The number of aliphatic hydroxyl groups excluding tert-OH is 1. The van der Waals surface area contributed by atoms with Crippen molar-refractivity contribution in [1.29, 1.82) is 0 Å². The topological polar surface area (TPSA) is 170 Å². The molecule has 0 spiro atoms. The number of anilines is 2. The number of amides is 1. The van der Waals surface area contributed by atoms with Crippen molar-refractivity contribution in [2.24, 2.45) is 11.3 Å². The summed E-state index contributed by atoms with van der Waals surface area (Å²) in [6.07, 6.45) is 1.51. The molecule has 0 fully saturated rings. The van der Waals surface area contributed by atoms with E-state index in [9.17, 15) is 36.6 Å². The van der Waals surface area contributed by atoms with Crippen molar-refractivity contribution in [3.8, 4) is 0 Å². The number of carboxylic acid groups (broad SMARTS) is 1. The van der Waals surface area contributed by atoms with Crippen LogP contribution < -0.4 is 10.0 Å². The molecule has 1 atom stereocenters. The molecule has 0 saturated carbocycles. The Hall–Kier alpha value is -3.06. The second kappa shape index (κ2) is 9.11. The van der Waals surface area contributed by atoms with Gasteiger partial charge in [-0.3, -0.25) is 9.52 Å². The Labute approximate surface area is 210 Å². The number of carbonyl (C=O) groups is 2. The molecule has 0 unspecified atom stereocenters. The number of hydrogen-bond acceptors (Lipinski definition) is 8. The number of hydrogen-bond donors (Lipinski definition) is 4. The minimum absolute atomic E-state index is 0.0601. The van der Waals surface area contributed by atoms with E-state index < -0.39 is 70.0 Å². The third kappa shape index (κ3) is 5.07. The van der Waals surface area contributed by atoms with E-state index in [0.717, 1.165) is 12.3 Å². The van der Waals surface area contributed by atoms with E-state index in [2.05, 4.69) is 10.0 Å². The lowest BCUT2D eigenvalue weighted by atomic mass is 9.85. The maximum absolute atomic E-state index is 13.6. The van der Waals surface area contributed by atoms with Crippen LogP contribution in [0.2, 0.25) is 0 Å². The number of carbonyl (C=O) groups excluding carboxylic acids is 1. The summed E-state index contributed by atoms with van der Waals surface area (Å²) in [6.45, 7) is 9.68. The number of sulfonamides is 1. The first-order valence-electron chi connectivity index (χ1n) is 11.2. The Bertz CT molecular complexity index is 1400. The van der Waals surface area contributed by atoms with Gasteiger partial charge < -0.3 is 20.4 Å². The summed E-state index contributed by atoms with van der Waals surface area (Å²) < 4.78 is 52.2. The van der Waals surface area contributed by atoms with Crippen molar-refractivity contribution in [1.82, 2.24) is 4.90 Å². The zero-order valence-electron chi connectivity index (χ0n) is 20.9. The largest absolute Gasteiger partial charge is 0.509 e. The zero-order valence-corrected chi connectivity index (χ0v) is 22.5. The predicted octanol–water partition coefficient (Wildman–Crippen LogP) is 2.67. The molecule has 1 aromatic rings. The molecule has 13 heteroatoms. The standard InChI is InChI=1S/C23H31N3O8S2/c1-12(2)9-10-26-20(23(3,4)5)18(27)16(21(26)28)17-19(22(29)30)36(33,34)15-11-13(25-35(6,31)32)7-8-14(15)24-17/h7-8,11-12,20,24-25,27H,9-10H2,1-6H3,(H,29,30)/t20-/m1/s1. The zero-order chi connectivity index (χ0) is 27.4. The molecule has 198 valence electrons. The van der Waals surface area contributed by atoms with Crippen molar-refractivity contribution in [3.63, 3.8) is 0 Å². The highest BCUT2D eigenvalue weighted by Crippen LogP contribution is 2.44. The fourth-order valence-electron chi connectivity index (χ4n) is 4.35. The Morgan fingerprint density at radius 3 is 2.36 bits per heavy atom. The van der Waals surface area contributed by atoms with Gasteiger partial charge in [0, 0.05) is 12.2 Å². The van der Waals surface area contributed by atoms with Gasteiger partial charge in [0.2, 0.25) is 19.9 Å². The second-order valence-corrected chi connectivity index (χ2v) is 14.0. The van der Waals surface area contributed by atoms with E-state index in [1.54, 1.807) is 0 Å². The monoisotopic (exact) mass is 541 g/mol. The van der Waals surface area contributed by atoms with Gasteiger partial charge in [-0.15, -0.1) is 0 Å². The summed E-state index contributed by atoms with van der Waals surface area (Å²) in [6, 6.07) is 2.75. The van der Waals surface area contributed by atoms with Crippen molar-refractivity contribution >= 4 is 43.1 Å². The van der Waals surface area contributed by atoms with Crippen LogP contribution in [-0.2, 0) is 29.4 Å². The predicted molar refractivity (Wildman–Crippen MR) is 134 cm³/mol. The molecule has 0 bridgehead atoms. The number of nitrogens with zero attached hydrogens (tertiary/aromatic N) is 1. The molecular weight excluding hydrogens is 510 g/mol. The summed E-state index contributed by atoms with van der Waals surface area (Å²) in [5.41, 5.74) is -1.72. The third-order valence-corrected chi connectivity index (χ3v) is 8.28. The average Bonchev–Trinajstić information content (AvgIpc) is 2.94. The molecule has 3 rings (SSSR count). The van der Waals surface area contributed by atoms with E-state index in [1.807, 2.05) is 34.6 Å². The molecule has 2 aliphatic rings. The maximum atomic E-state index is 13.6. The van der Waals surface area contributed by atoms with Crippen LogP contribution in [0.5, 0.6) is 0 Å². The number of aliphatic carboxylic acids is 1. The van der Waals surface area contributed by atoms with Gasteiger partial charge in [-0.05, 0) is 36.0 Å². The molecule has 11 nitrogen and oxygen atoms in total. The second-order valence-electron chi connectivity index (χ2n) is 10.4. The molecule has 2 aliphatic heterocycles. The first-order chi connectivity index (χ1) is 16.4.